The fourth-order valence-corrected chi connectivity index (χ4v) is 2.60. The third kappa shape index (κ3) is 3.80. The summed E-state index contributed by atoms with van der Waals surface area (Å²) in [4.78, 5) is 15.3. The van der Waals surface area contributed by atoms with Gasteiger partial charge >= 0.3 is 0 Å². The highest BCUT2D eigenvalue weighted by Crippen LogP contribution is 2.18. The summed E-state index contributed by atoms with van der Waals surface area (Å²) in [7, 11) is 0. The molecule has 3 heteroatoms. The summed E-state index contributed by atoms with van der Waals surface area (Å²) in [5.74, 6) is 0. The predicted octanol–water partition coefficient (Wildman–Crippen LogP) is 2.35. The quantitative estimate of drug-likeness (QED) is 0.759. The Labute approximate surface area is 116 Å². The highest BCUT2D eigenvalue weighted by Gasteiger charge is 2.18. The van der Waals surface area contributed by atoms with Crippen molar-refractivity contribution in [2.24, 2.45) is 0 Å². The van der Waals surface area contributed by atoms with Gasteiger partial charge in [-0.3, -0.25) is 4.90 Å². The lowest BCUT2D eigenvalue weighted by Crippen LogP contribution is -2.48. The Morgan fingerprint density at radius 2 is 1.74 bits per heavy atom. The van der Waals surface area contributed by atoms with Gasteiger partial charge in [0, 0.05) is 44.3 Å². The van der Waals surface area contributed by atoms with Gasteiger partial charge in [-0.1, -0.05) is 12.1 Å². The summed E-state index contributed by atoms with van der Waals surface area (Å²) in [5, 5.41) is 0. The van der Waals surface area contributed by atoms with Crippen LogP contribution >= 0.6 is 0 Å². The molecule has 0 atom stereocenters. The first kappa shape index (κ1) is 14.1. The van der Waals surface area contributed by atoms with Gasteiger partial charge in [0.2, 0.25) is 0 Å². The maximum absolute atomic E-state index is 10.4. The standard InChI is InChI=1S/C16H24N2O/c1-14(2)17-9-11-18(12-10-17)16-7-5-15(6-8-16)4-3-13-19/h5-8,13-14H,3-4,9-12H2,1-2H3. The molecule has 2 rings (SSSR count). The molecular weight excluding hydrogens is 236 g/mol. The zero-order valence-corrected chi connectivity index (χ0v) is 12.0. The van der Waals surface area contributed by atoms with E-state index in [0.29, 0.717) is 12.5 Å². The van der Waals surface area contributed by atoms with Gasteiger partial charge in [-0.05, 0) is 38.0 Å². The predicted molar refractivity (Wildman–Crippen MR) is 79.7 cm³/mol. The molecule has 0 spiro atoms. The molecule has 1 aliphatic rings. The largest absolute Gasteiger partial charge is 0.369 e. The molecule has 104 valence electrons. The summed E-state index contributed by atoms with van der Waals surface area (Å²) in [6, 6.07) is 9.31. The molecule has 0 aliphatic carbocycles. The van der Waals surface area contributed by atoms with Gasteiger partial charge < -0.3 is 9.69 Å². The maximum atomic E-state index is 10.4. The van der Waals surface area contributed by atoms with Gasteiger partial charge in [0.15, 0.2) is 0 Å². The van der Waals surface area contributed by atoms with E-state index in [1.54, 1.807) is 0 Å². The Morgan fingerprint density at radius 3 is 2.26 bits per heavy atom. The first-order valence-electron chi connectivity index (χ1n) is 7.22. The zero-order chi connectivity index (χ0) is 13.7. The monoisotopic (exact) mass is 260 g/mol. The van der Waals surface area contributed by atoms with Crippen molar-refractivity contribution in [2.45, 2.75) is 32.7 Å². The van der Waals surface area contributed by atoms with Crippen LogP contribution in [0.15, 0.2) is 24.3 Å². The summed E-state index contributed by atoms with van der Waals surface area (Å²) >= 11 is 0. The lowest BCUT2D eigenvalue weighted by molar-refractivity contribution is -0.107. The maximum Gasteiger partial charge on any atom is 0.120 e. The van der Waals surface area contributed by atoms with E-state index in [1.165, 1.54) is 11.3 Å². The van der Waals surface area contributed by atoms with Gasteiger partial charge in [0.1, 0.15) is 6.29 Å². The number of rotatable bonds is 5. The van der Waals surface area contributed by atoms with E-state index >= 15 is 0 Å². The topological polar surface area (TPSA) is 23.6 Å². The number of aldehydes is 1. The SMILES string of the molecule is CC(C)N1CCN(c2ccc(CCC=O)cc2)CC1. The van der Waals surface area contributed by atoms with E-state index in [0.717, 1.165) is 38.9 Å². The van der Waals surface area contributed by atoms with Gasteiger partial charge in [-0.15, -0.1) is 0 Å². The number of aryl methyl sites for hydroxylation is 1. The van der Waals surface area contributed by atoms with Crippen molar-refractivity contribution >= 4 is 12.0 Å². The molecule has 0 radical (unpaired) electrons. The van der Waals surface area contributed by atoms with E-state index < -0.39 is 0 Å². The molecular formula is C16H24N2O. The van der Waals surface area contributed by atoms with Crippen LogP contribution in [0.4, 0.5) is 5.69 Å². The zero-order valence-electron chi connectivity index (χ0n) is 12.0. The van der Waals surface area contributed by atoms with Crippen LogP contribution in [0.1, 0.15) is 25.8 Å². The Balaban J connectivity index is 1.90. The molecule has 0 saturated carbocycles. The van der Waals surface area contributed by atoms with Crippen molar-refractivity contribution in [3.05, 3.63) is 29.8 Å². The van der Waals surface area contributed by atoms with E-state index in [2.05, 4.69) is 47.9 Å². The molecule has 1 aromatic carbocycles. The second-order valence-electron chi connectivity index (χ2n) is 5.49. The minimum atomic E-state index is 0.617. The molecule has 0 amide bonds. The van der Waals surface area contributed by atoms with Crippen LogP contribution in [-0.2, 0) is 11.2 Å². The molecule has 1 aliphatic heterocycles. The summed E-state index contributed by atoms with van der Waals surface area (Å²) in [6.45, 7) is 9.02. The van der Waals surface area contributed by atoms with Crippen LogP contribution in [0.2, 0.25) is 0 Å². The Morgan fingerprint density at radius 1 is 1.11 bits per heavy atom. The average molecular weight is 260 g/mol. The second kappa shape index (κ2) is 6.71. The molecule has 1 aromatic rings. The minimum absolute atomic E-state index is 0.617. The average Bonchev–Trinajstić information content (AvgIpc) is 2.46. The normalized spacial score (nSPS) is 16.9. The van der Waals surface area contributed by atoms with Crippen molar-refractivity contribution in [1.29, 1.82) is 0 Å². The Kier molecular flexibility index (Phi) is 4.97. The van der Waals surface area contributed by atoms with Crippen molar-refractivity contribution in [3.63, 3.8) is 0 Å². The first-order valence-corrected chi connectivity index (χ1v) is 7.22. The first-order chi connectivity index (χ1) is 9.20. The summed E-state index contributed by atoms with van der Waals surface area (Å²) in [6.07, 6.45) is 2.45. The number of hydrogen-bond acceptors (Lipinski definition) is 3. The van der Waals surface area contributed by atoms with Crippen molar-refractivity contribution in [3.8, 4) is 0 Å². The van der Waals surface area contributed by atoms with Crippen LogP contribution in [0, 0.1) is 0 Å². The lowest BCUT2D eigenvalue weighted by Gasteiger charge is -2.38. The Hall–Kier alpha value is -1.35. The fraction of sp³-hybridized carbons (Fsp3) is 0.562. The van der Waals surface area contributed by atoms with E-state index in [1.807, 2.05) is 0 Å². The lowest BCUT2D eigenvalue weighted by atomic mass is 10.1. The molecule has 1 fully saturated rings. The number of benzene rings is 1. The number of carbonyl (C=O) groups excluding carboxylic acids is 1. The van der Waals surface area contributed by atoms with Crippen molar-refractivity contribution < 1.29 is 4.79 Å². The number of piperazine rings is 1. The molecule has 3 nitrogen and oxygen atoms in total. The third-order valence-electron chi connectivity index (χ3n) is 3.90. The van der Waals surface area contributed by atoms with Gasteiger partial charge in [0.05, 0.1) is 0 Å². The van der Waals surface area contributed by atoms with Crippen LogP contribution in [-0.4, -0.2) is 43.4 Å². The molecule has 1 heterocycles. The number of anilines is 1. The van der Waals surface area contributed by atoms with Crippen molar-refractivity contribution in [2.75, 3.05) is 31.1 Å². The van der Waals surface area contributed by atoms with Crippen LogP contribution in [0.25, 0.3) is 0 Å². The summed E-state index contributed by atoms with van der Waals surface area (Å²) in [5.41, 5.74) is 2.55. The molecule has 19 heavy (non-hydrogen) atoms. The van der Waals surface area contributed by atoms with Crippen LogP contribution in [0.5, 0.6) is 0 Å². The summed E-state index contributed by atoms with van der Waals surface area (Å²) < 4.78 is 0. The molecule has 0 bridgehead atoms. The van der Waals surface area contributed by atoms with Crippen molar-refractivity contribution in [1.82, 2.24) is 4.90 Å². The number of hydrogen-bond donors (Lipinski definition) is 0. The number of nitrogens with zero attached hydrogens (tertiary/aromatic N) is 2. The smallest absolute Gasteiger partial charge is 0.120 e. The Bertz CT molecular complexity index is 392. The third-order valence-corrected chi connectivity index (χ3v) is 3.90. The molecule has 0 unspecified atom stereocenters. The van der Waals surface area contributed by atoms with E-state index in [-0.39, 0.29) is 0 Å². The van der Waals surface area contributed by atoms with Crippen LogP contribution < -0.4 is 4.90 Å². The van der Waals surface area contributed by atoms with Gasteiger partial charge in [0.25, 0.3) is 0 Å². The van der Waals surface area contributed by atoms with Gasteiger partial charge in [-0.2, -0.15) is 0 Å². The minimum Gasteiger partial charge on any atom is -0.369 e. The highest BCUT2D eigenvalue weighted by molar-refractivity contribution is 5.51. The van der Waals surface area contributed by atoms with E-state index in [4.69, 9.17) is 0 Å². The highest BCUT2D eigenvalue weighted by atomic mass is 16.1. The number of carbonyl (C=O) groups is 1. The second-order valence-corrected chi connectivity index (χ2v) is 5.49. The van der Waals surface area contributed by atoms with Crippen LogP contribution in [0.3, 0.4) is 0 Å². The van der Waals surface area contributed by atoms with Gasteiger partial charge in [-0.25, -0.2) is 0 Å². The fourth-order valence-electron chi connectivity index (χ4n) is 2.60. The molecule has 0 N–H and O–H groups in total. The molecule has 0 aromatic heterocycles. The molecule has 1 saturated heterocycles. The van der Waals surface area contributed by atoms with E-state index in [9.17, 15) is 4.79 Å².